The number of benzene rings is 1. The van der Waals surface area contributed by atoms with Gasteiger partial charge in [0.25, 0.3) is 5.89 Å². The van der Waals surface area contributed by atoms with Gasteiger partial charge in [-0.05, 0) is 44.4 Å². The van der Waals surface area contributed by atoms with Crippen LogP contribution in [0.25, 0.3) is 11.6 Å². The molecule has 0 spiro atoms. The van der Waals surface area contributed by atoms with E-state index in [2.05, 4.69) is 15.2 Å². The number of aromatic amines is 1. The molecule has 0 aliphatic heterocycles. The largest absolute Gasteiger partial charge is 0.492 e. The monoisotopic (exact) mass is 366 g/mol. The molecule has 1 fully saturated rings. The van der Waals surface area contributed by atoms with Gasteiger partial charge >= 0.3 is 0 Å². The Morgan fingerprint density at radius 3 is 2.89 bits per heavy atom. The lowest BCUT2D eigenvalue weighted by Gasteiger charge is -2.07. The van der Waals surface area contributed by atoms with Crippen LogP contribution in [0.3, 0.4) is 0 Å². The zero-order valence-corrected chi connectivity index (χ0v) is 15.4. The molecule has 7 heteroatoms. The normalized spacial score (nSPS) is 13.7. The van der Waals surface area contributed by atoms with Gasteiger partial charge in [0.1, 0.15) is 18.1 Å². The van der Waals surface area contributed by atoms with Crippen molar-refractivity contribution < 1.29 is 13.9 Å². The molecule has 1 saturated carbocycles. The number of H-pyrrole nitrogens is 1. The zero-order valence-electron chi connectivity index (χ0n) is 15.4. The van der Waals surface area contributed by atoms with Crippen LogP contribution in [0.1, 0.15) is 51.8 Å². The third kappa shape index (κ3) is 3.38. The van der Waals surface area contributed by atoms with Crippen LogP contribution in [-0.4, -0.2) is 34.1 Å². The minimum absolute atomic E-state index is 0.0763. The Labute approximate surface area is 156 Å². The number of rotatable bonds is 7. The first-order valence-electron chi connectivity index (χ1n) is 9.09. The zero-order chi connectivity index (χ0) is 19.0. The standard InChI is InChI=1S/C20H22N4O3/c1-11-16(18(25)14-4-3-5-15(10-14)26-9-8-21)12(2)22-17(11)20-24-23-19(27-20)13-6-7-13/h3-5,10,13,22H,6-9,21H2,1-2H3. The minimum atomic E-state index is -0.0763. The van der Waals surface area contributed by atoms with Crippen molar-refractivity contribution >= 4 is 5.78 Å². The second-order valence-corrected chi connectivity index (χ2v) is 6.84. The van der Waals surface area contributed by atoms with E-state index in [0.717, 1.165) is 24.1 Å². The number of carbonyl (C=O) groups is 1. The van der Waals surface area contributed by atoms with Crippen LogP contribution >= 0.6 is 0 Å². The van der Waals surface area contributed by atoms with Gasteiger partial charge in [-0.2, -0.15) is 0 Å². The summed E-state index contributed by atoms with van der Waals surface area (Å²) in [6.07, 6.45) is 2.19. The molecule has 1 aromatic carbocycles. The van der Waals surface area contributed by atoms with Crippen molar-refractivity contribution in [2.24, 2.45) is 5.73 Å². The Hall–Kier alpha value is -2.93. The highest BCUT2D eigenvalue weighted by Gasteiger charge is 2.30. The number of aromatic nitrogens is 3. The van der Waals surface area contributed by atoms with Gasteiger partial charge in [0.05, 0.1) is 0 Å². The summed E-state index contributed by atoms with van der Waals surface area (Å²) >= 11 is 0. The number of ether oxygens (including phenoxy) is 1. The maximum atomic E-state index is 13.1. The van der Waals surface area contributed by atoms with E-state index in [4.69, 9.17) is 14.9 Å². The van der Waals surface area contributed by atoms with Crippen molar-refractivity contribution in [3.05, 3.63) is 52.5 Å². The Balaban J connectivity index is 1.65. The summed E-state index contributed by atoms with van der Waals surface area (Å²) in [7, 11) is 0. The highest BCUT2D eigenvalue weighted by molar-refractivity contribution is 6.11. The molecule has 0 bridgehead atoms. The summed E-state index contributed by atoms with van der Waals surface area (Å²) in [6.45, 7) is 4.59. The molecular formula is C20H22N4O3. The second-order valence-electron chi connectivity index (χ2n) is 6.84. The van der Waals surface area contributed by atoms with E-state index in [1.165, 1.54) is 0 Å². The average Bonchev–Trinajstić information content (AvgIpc) is 3.33. The van der Waals surface area contributed by atoms with Crippen LogP contribution < -0.4 is 10.5 Å². The maximum Gasteiger partial charge on any atom is 0.264 e. The molecule has 27 heavy (non-hydrogen) atoms. The molecule has 3 N–H and O–H groups in total. The van der Waals surface area contributed by atoms with Crippen LogP contribution in [0.2, 0.25) is 0 Å². The quantitative estimate of drug-likeness (QED) is 0.622. The second kappa shape index (κ2) is 7.00. The van der Waals surface area contributed by atoms with Crippen LogP contribution in [-0.2, 0) is 0 Å². The summed E-state index contributed by atoms with van der Waals surface area (Å²) in [5, 5.41) is 8.28. The van der Waals surface area contributed by atoms with Gasteiger partial charge in [0, 0.05) is 29.3 Å². The first kappa shape index (κ1) is 17.5. The van der Waals surface area contributed by atoms with Gasteiger partial charge in [-0.3, -0.25) is 4.79 Å². The predicted octanol–water partition coefficient (Wildman–Crippen LogP) is 3.13. The molecule has 0 radical (unpaired) electrons. The van der Waals surface area contributed by atoms with Gasteiger partial charge in [-0.15, -0.1) is 10.2 Å². The Bertz CT molecular complexity index is 985. The predicted molar refractivity (Wildman–Crippen MR) is 100.0 cm³/mol. The number of hydrogen-bond acceptors (Lipinski definition) is 6. The first-order valence-corrected chi connectivity index (χ1v) is 9.09. The lowest BCUT2D eigenvalue weighted by molar-refractivity contribution is 0.103. The van der Waals surface area contributed by atoms with Gasteiger partial charge in [0.2, 0.25) is 5.89 Å². The Morgan fingerprint density at radius 2 is 2.15 bits per heavy atom. The van der Waals surface area contributed by atoms with E-state index in [0.29, 0.717) is 53.4 Å². The number of carbonyl (C=O) groups excluding carboxylic acids is 1. The molecule has 2 heterocycles. The molecule has 1 aliphatic carbocycles. The fraction of sp³-hybridized carbons (Fsp3) is 0.350. The van der Waals surface area contributed by atoms with Gasteiger partial charge in [0.15, 0.2) is 5.78 Å². The summed E-state index contributed by atoms with van der Waals surface area (Å²) in [5.41, 5.74) is 8.92. The number of ketones is 1. The summed E-state index contributed by atoms with van der Waals surface area (Å²) in [6, 6.07) is 7.13. The van der Waals surface area contributed by atoms with E-state index >= 15 is 0 Å². The topological polar surface area (TPSA) is 107 Å². The molecule has 0 amide bonds. The molecule has 1 aliphatic rings. The van der Waals surface area contributed by atoms with Crippen LogP contribution in [0.4, 0.5) is 0 Å². The summed E-state index contributed by atoms with van der Waals surface area (Å²) in [4.78, 5) is 16.4. The smallest absolute Gasteiger partial charge is 0.264 e. The summed E-state index contributed by atoms with van der Waals surface area (Å²) in [5.74, 6) is 2.04. The molecule has 0 atom stereocenters. The lowest BCUT2D eigenvalue weighted by atomic mass is 9.99. The minimum Gasteiger partial charge on any atom is -0.492 e. The van der Waals surface area contributed by atoms with Gasteiger partial charge < -0.3 is 19.9 Å². The number of hydrogen-bond donors (Lipinski definition) is 2. The van der Waals surface area contributed by atoms with E-state index in [1.54, 1.807) is 18.2 Å². The molecule has 0 saturated heterocycles. The van der Waals surface area contributed by atoms with Crippen LogP contribution in [0.15, 0.2) is 28.7 Å². The van der Waals surface area contributed by atoms with Crippen molar-refractivity contribution in [2.75, 3.05) is 13.2 Å². The molecule has 7 nitrogen and oxygen atoms in total. The molecule has 140 valence electrons. The lowest BCUT2D eigenvalue weighted by Crippen LogP contribution is -2.11. The Kier molecular flexibility index (Phi) is 4.53. The van der Waals surface area contributed by atoms with E-state index in [-0.39, 0.29) is 5.78 Å². The number of nitrogens with zero attached hydrogens (tertiary/aromatic N) is 2. The van der Waals surface area contributed by atoms with Gasteiger partial charge in [-0.25, -0.2) is 0 Å². The molecule has 2 aromatic heterocycles. The first-order chi connectivity index (χ1) is 13.1. The number of nitrogens with one attached hydrogen (secondary N) is 1. The van der Waals surface area contributed by atoms with E-state index < -0.39 is 0 Å². The van der Waals surface area contributed by atoms with Crippen molar-refractivity contribution in [2.45, 2.75) is 32.6 Å². The highest BCUT2D eigenvalue weighted by atomic mass is 16.5. The molecular weight excluding hydrogens is 344 g/mol. The average molecular weight is 366 g/mol. The van der Waals surface area contributed by atoms with Gasteiger partial charge in [-0.1, -0.05) is 12.1 Å². The van der Waals surface area contributed by atoms with E-state index in [1.807, 2.05) is 19.9 Å². The third-order valence-corrected chi connectivity index (χ3v) is 4.73. The number of aryl methyl sites for hydroxylation is 1. The summed E-state index contributed by atoms with van der Waals surface area (Å²) < 4.78 is 11.3. The molecule has 4 rings (SSSR count). The highest BCUT2D eigenvalue weighted by Crippen LogP contribution is 2.40. The third-order valence-electron chi connectivity index (χ3n) is 4.73. The molecule has 3 aromatic rings. The maximum absolute atomic E-state index is 13.1. The van der Waals surface area contributed by atoms with Crippen molar-refractivity contribution in [1.29, 1.82) is 0 Å². The SMILES string of the molecule is Cc1[nH]c(-c2nnc(C3CC3)o2)c(C)c1C(=O)c1cccc(OCCN)c1. The van der Waals surface area contributed by atoms with Crippen molar-refractivity contribution in [1.82, 2.24) is 15.2 Å². The molecule has 0 unspecified atom stereocenters. The van der Waals surface area contributed by atoms with Crippen molar-refractivity contribution in [3.8, 4) is 17.3 Å². The van der Waals surface area contributed by atoms with Crippen LogP contribution in [0, 0.1) is 13.8 Å². The van der Waals surface area contributed by atoms with Crippen molar-refractivity contribution in [3.63, 3.8) is 0 Å². The Morgan fingerprint density at radius 1 is 1.33 bits per heavy atom. The fourth-order valence-electron chi connectivity index (χ4n) is 3.18. The fourth-order valence-corrected chi connectivity index (χ4v) is 3.18. The van der Waals surface area contributed by atoms with E-state index in [9.17, 15) is 4.79 Å². The van der Waals surface area contributed by atoms with Crippen LogP contribution in [0.5, 0.6) is 5.75 Å². The number of nitrogens with two attached hydrogens (primary N) is 1.